The number of hydrogen-bond donors (Lipinski definition) is 2. The van der Waals surface area contributed by atoms with Crippen LogP contribution in [0, 0.1) is 0 Å². The summed E-state index contributed by atoms with van der Waals surface area (Å²) >= 11 is 18.8. The molecule has 3 N–H and O–H groups in total. The number of unbranched alkanes of at least 4 members (excludes halogenated alkanes) is 1. The van der Waals surface area contributed by atoms with Crippen LogP contribution in [0.2, 0.25) is 10.0 Å². The molecule has 2 aliphatic heterocycles. The second kappa shape index (κ2) is 17.0. The van der Waals surface area contributed by atoms with Crippen LogP contribution in [0.3, 0.4) is 0 Å². The van der Waals surface area contributed by atoms with Gasteiger partial charge in [-0.3, -0.25) is 19.4 Å². The fourth-order valence-corrected chi connectivity index (χ4v) is 8.17. The van der Waals surface area contributed by atoms with E-state index < -0.39 is 21.8 Å². The van der Waals surface area contributed by atoms with Crippen molar-refractivity contribution in [1.29, 1.82) is 0 Å². The summed E-state index contributed by atoms with van der Waals surface area (Å²) in [5.74, 6) is -1.63. The molecule has 4 aromatic rings. The van der Waals surface area contributed by atoms with Gasteiger partial charge in [0, 0.05) is 43.9 Å². The number of carbonyl (C=O) groups excluding carboxylic acids is 3. The third kappa shape index (κ3) is 9.07. The predicted molar refractivity (Wildman–Crippen MR) is 218 cm³/mol. The third-order valence-corrected chi connectivity index (χ3v) is 12.3. The second-order valence-corrected chi connectivity index (χ2v) is 16.4. The summed E-state index contributed by atoms with van der Waals surface area (Å²) < 4.78 is 29.3. The molecule has 55 heavy (non-hydrogen) atoms. The summed E-state index contributed by atoms with van der Waals surface area (Å²) in [6, 6.07) is 22.2. The SMILES string of the molecule is CCCCC(=O)C(N)=C(Cl)C(C)=Nc1ccc(C(=O)NS(=O)(=O)c2ccc3c(c2)CCN3Cc2ccc(Cl)c(Cl)c2)cc1C(=O)N1CCc2ccccc2C1. The minimum atomic E-state index is -4.31. The standard InChI is InChI=1S/C41H40Cl3N5O5S/c1-3-4-9-37(50)39(45)38(44)25(2)46-35-14-11-29(22-32(35)41(52)49-19-16-27-7-5-6-8-30(27)24-49)40(51)47-55(53,54)31-12-15-36-28(21-31)17-18-48(36)23-26-10-13-33(42)34(43)20-26/h5-8,10-15,20-22H,3-4,9,16-19,23-24,45H2,1-2H3,(H,47,51). The van der Waals surface area contributed by atoms with Gasteiger partial charge in [-0.1, -0.05) is 78.5 Å². The lowest BCUT2D eigenvalue weighted by atomic mass is 9.98. The minimum absolute atomic E-state index is 0.0360. The number of aliphatic imine (C=N–C) groups is 1. The molecular formula is C41H40Cl3N5O5S. The smallest absolute Gasteiger partial charge is 0.265 e. The zero-order valence-electron chi connectivity index (χ0n) is 30.4. The van der Waals surface area contributed by atoms with Crippen LogP contribution in [0.4, 0.5) is 11.4 Å². The third-order valence-electron chi connectivity index (χ3n) is 9.74. The Morgan fingerprint density at radius 3 is 2.38 bits per heavy atom. The number of halogens is 3. The van der Waals surface area contributed by atoms with Crippen LogP contribution in [0.25, 0.3) is 0 Å². The highest BCUT2D eigenvalue weighted by Gasteiger charge is 2.28. The number of carbonyl (C=O) groups is 3. The topological polar surface area (TPSA) is 142 Å². The Bertz CT molecular complexity index is 2360. The van der Waals surface area contributed by atoms with Gasteiger partial charge in [0.25, 0.3) is 21.8 Å². The first-order chi connectivity index (χ1) is 26.2. The molecule has 0 fully saturated rings. The van der Waals surface area contributed by atoms with E-state index in [0.29, 0.717) is 55.5 Å². The van der Waals surface area contributed by atoms with Crippen molar-refractivity contribution in [2.24, 2.45) is 10.7 Å². The van der Waals surface area contributed by atoms with E-state index in [4.69, 9.17) is 40.5 Å². The molecule has 0 saturated carbocycles. The number of sulfonamides is 1. The maximum absolute atomic E-state index is 14.2. The van der Waals surface area contributed by atoms with Gasteiger partial charge in [0.2, 0.25) is 0 Å². The van der Waals surface area contributed by atoms with Gasteiger partial charge in [0.05, 0.1) is 42.6 Å². The quantitative estimate of drug-likeness (QED) is 0.109. The van der Waals surface area contributed by atoms with Crippen molar-refractivity contribution < 1.29 is 22.8 Å². The van der Waals surface area contributed by atoms with E-state index in [0.717, 1.165) is 34.4 Å². The Hall–Kier alpha value is -4.68. The van der Waals surface area contributed by atoms with Crippen LogP contribution in [-0.4, -0.2) is 49.7 Å². The number of anilines is 1. The number of nitrogens with two attached hydrogens (primary N) is 1. The van der Waals surface area contributed by atoms with Crippen LogP contribution < -0.4 is 15.4 Å². The molecule has 2 aliphatic rings. The molecule has 2 heterocycles. The number of nitrogens with zero attached hydrogens (tertiary/aromatic N) is 3. The largest absolute Gasteiger partial charge is 0.395 e. The number of ketones is 1. The fourth-order valence-electron chi connectivity index (χ4n) is 6.68. The molecule has 286 valence electrons. The van der Waals surface area contributed by atoms with Crippen molar-refractivity contribution in [3.63, 3.8) is 0 Å². The van der Waals surface area contributed by atoms with Crippen molar-refractivity contribution in [1.82, 2.24) is 9.62 Å². The molecule has 4 aromatic carbocycles. The van der Waals surface area contributed by atoms with Gasteiger partial charge in [0.1, 0.15) is 0 Å². The Morgan fingerprint density at radius 1 is 0.891 bits per heavy atom. The molecule has 0 unspecified atom stereocenters. The molecule has 0 spiro atoms. The van der Waals surface area contributed by atoms with Crippen LogP contribution >= 0.6 is 34.8 Å². The number of fused-ring (bicyclic) bond motifs is 2. The summed E-state index contributed by atoms with van der Waals surface area (Å²) in [6.45, 7) is 5.52. The Kier molecular flexibility index (Phi) is 12.4. The number of amides is 2. The first-order valence-corrected chi connectivity index (χ1v) is 20.5. The van der Waals surface area contributed by atoms with Crippen LogP contribution in [0.5, 0.6) is 0 Å². The van der Waals surface area contributed by atoms with Gasteiger partial charge >= 0.3 is 0 Å². The minimum Gasteiger partial charge on any atom is -0.395 e. The molecule has 6 rings (SSSR count). The molecule has 0 bridgehead atoms. The van der Waals surface area contributed by atoms with Crippen molar-refractivity contribution in [2.75, 3.05) is 18.0 Å². The van der Waals surface area contributed by atoms with Gasteiger partial charge < -0.3 is 15.5 Å². The maximum atomic E-state index is 14.2. The zero-order valence-corrected chi connectivity index (χ0v) is 33.5. The van der Waals surface area contributed by atoms with E-state index in [-0.39, 0.29) is 50.4 Å². The predicted octanol–water partition coefficient (Wildman–Crippen LogP) is 8.13. The van der Waals surface area contributed by atoms with Gasteiger partial charge in [-0.2, -0.15) is 0 Å². The zero-order chi connectivity index (χ0) is 39.4. The molecule has 0 aromatic heterocycles. The molecule has 0 aliphatic carbocycles. The van der Waals surface area contributed by atoms with Gasteiger partial charge in [0.15, 0.2) is 5.78 Å². The van der Waals surface area contributed by atoms with Crippen molar-refractivity contribution >= 4 is 79.5 Å². The molecule has 0 atom stereocenters. The highest BCUT2D eigenvalue weighted by Crippen LogP contribution is 2.33. The normalized spacial score (nSPS) is 14.6. The number of benzene rings is 4. The van der Waals surface area contributed by atoms with Gasteiger partial charge in [-0.05, 0) is 97.0 Å². The molecule has 10 nitrogen and oxygen atoms in total. The van der Waals surface area contributed by atoms with Crippen molar-refractivity contribution in [3.05, 3.63) is 133 Å². The average Bonchev–Trinajstić information content (AvgIpc) is 3.58. The highest BCUT2D eigenvalue weighted by molar-refractivity contribution is 7.90. The summed E-state index contributed by atoms with van der Waals surface area (Å²) in [4.78, 5) is 48.7. The van der Waals surface area contributed by atoms with Crippen molar-refractivity contribution in [2.45, 2.75) is 63.9 Å². The van der Waals surface area contributed by atoms with E-state index in [1.165, 1.54) is 24.3 Å². The number of Topliss-reactive ketones (excluding diaryl/α,β-unsaturated/α-hetero) is 1. The maximum Gasteiger partial charge on any atom is 0.265 e. The summed E-state index contributed by atoms with van der Waals surface area (Å²) in [5.41, 5.74) is 11.1. The highest BCUT2D eigenvalue weighted by atomic mass is 35.5. The number of allylic oxidation sites excluding steroid dienone is 2. The lowest BCUT2D eigenvalue weighted by Crippen LogP contribution is -2.36. The Morgan fingerprint density at radius 2 is 1.64 bits per heavy atom. The van der Waals surface area contributed by atoms with Gasteiger partial charge in [-0.15, -0.1) is 0 Å². The van der Waals surface area contributed by atoms with Crippen molar-refractivity contribution in [3.8, 4) is 0 Å². The lowest BCUT2D eigenvalue weighted by Gasteiger charge is -2.29. The van der Waals surface area contributed by atoms with E-state index in [1.807, 2.05) is 37.3 Å². The Labute approximate surface area is 336 Å². The fraction of sp³-hybridized carbons (Fsp3) is 0.268. The molecule has 0 radical (unpaired) electrons. The molecule has 2 amide bonds. The number of hydrogen-bond acceptors (Lipinski definition) is 8. The second-order valence-electron chi connectivity index (χ2n) is 13.6. The first kappa shape index (κ1) is 40.0. The van der Waals surface area contributed by atoms with Crippen LogP contribution in [0.15, 0.2) is 99.5 Å². The first-order valence-electron chi connectivity index (χ1n) is 17.9. The van der Waals surface area contributed by atoms with Crippen LogP contribution in [0.1, 0.15) is 76.1 Å². The molecule has 0 saturated heterocycles. The summed E-state index contributed by atoms with van der Waals surface area (Å²) in [5, 5.41) is 0.889. The van der Waals surface area contributed by atoms with Gasteiger partial charge in [-0.25, -0.2) is 13.1 Å². The van der Waals surface area contributed by atoms with E-state index >= 15 is 0 Å². The summed E-state index contributed by atoms with van der Waals surface area (Å²) in [7, 11) is -4.31. The van der Waals surface area contributed by atoms with E-state index in [9.17, 15) is 22.8 Å². The monoisotopic (exact) mass is 819 g/mol. The summed E-state index contributed by atoms with van der Waals surface area (Å²) in [6.07, 6.45) is 2.95. The van der Waals surface area contributed by atoms with E-state index in [2.05, 4.69) is 14.6 Å². The lowest BCUT2D eigenvalue weighted by molar-refractivity contribution is -0.115. The molecule has 14 heteroatoms. The number of nitrogens with one attached hydrogen (secondary N) is 1. The van der Waals surface area contributed by atoms with E-state index in [1.54, 1.807) is 36.1 Å². The van der Waals surface area contributed by atoms with Crippen LogP contribution in [-0.2, 0) is 40.7 Å². The number of rotatable bonds is 12. The Balaban J connectivity index is 1.26. The molecular weight excluding hydrogens is 781 g/mol. The average molecular weight is 821 g/mol.